The highest BCUT2D eigenvalue weighted by Gasteiger charge is 2.33. The van der Waals surface area contributed by atoms with Crippen LogP contribution >= 0.6 is 27.7 Å². The molecule has 0 saturated heterocycles. The number of esters is 1. The second-order valence-electron chi connectivity index (χ2n) is 6.21. The van der Waals surface area contributed by atoms with Gasteiger partial charge in [0.25, 0.3) is 0 Å². The molecule has 156 valence electrons. The number of amidine groups is 1. The Hall–Kier alpha value is -2.85. The molecule has 2 amide bonds. The minimum absolute atomic E-state index is 0.218. The van der Waals surface area contributed by atoms with Gasteiger partial charge in [0.1, 0.15) is 5.37 Å². The maximum absolute atomic E-state index is 12.4. The zero-order valence-electron chi connectivity index (χ0n) is 16.3. The Morgan fingerprint density at radius 3 is 2.47 bits per heavy atom. The van der Waals surface area contributed by atoms with Crippen LogP contribution in [0, 0.1) is 0 Å². The molecule has 0 bridgehead atoms. The van der Waals surface area contributed by atoms with Gasteiger partial charge in [-0.1, -0.05) is 30.0 Å². The van der Waals surface area contributed by atoms with E-state index >= 15 is 0 Å². The first kappa shape index (κ1) is 21.8. The van der Waals surface area contributed by atoms with E-state index in [0.29, 0.717) is 26.5 Å². The normalized spacial score (nSPS) is 15.4. The van der Waals surface area contributed by atoms with Gasteiger partial charge in [-0.3, -0.25) is 9.59 Å². The number of thioether (sulfide) groups is 1. The maximum Gasteiger partial charge on any atom is 0.343 e. The van der Waals surface area contributed by atoms with Crippen molar-refractivity contribution < 1.29 is 23.9 Å². The maximum atomic E-state index is 12.4. The number of halogens is 1. The smallest absolute Gasteiger partial charge is 0.343 e. The fourth-order valence-corrected chi connectivity index (χ4v) is 4.34. The van der Waals surface area contributed by atoms with Crippen molar-refractivity contribution in [2.75, 3.05) is 7.11 Å². The van der Waals surface area contributed by atoms with Crippen LogP contribution in [0.2, 0.25) is 0 Å². The third-order valence-corrected chi connectivity index (χ3v) is 5.68. The number of carbonyl (C=O) groups excluding carboxylic acids is 3. The van der Waals surface area contributed by atoms with E-state index in [2.05, 4.69) is 26.3 Å². The van der Waals surface area contributed by atoms with Crippen LogP contribution in [0.1, 0.15) is 35.1 Å². The van der Waals surface area contributed by atoms with E-state index in [-0.39, 0.29) is 17.6 Å². The van der Waals surface area contributed by atoms with Gasteiger partial charge < -0.3 is 14.8 Å². The minimum Gasteiger partial charge on any atom is -0.493 e. The van der Waals surface area contributed by atoms with Crippen molar-refractivity contribution in [3.05, 3.63) is 58.1 Å². The fourth-order valence-electron chi connectivity index (χ4n) is 2.69. The van der Waals surface area contributed by atoms with Gasteiger partial charge in [0.15, 0.2) is 16.7 Å². The lowest BCUT2D eigenvalue weighted by Gasteiger charge is -2.21. The monoisotopic (exact) mass is 491 g/mol. The van der Waals surface area contributed by atoms with E-state index in [4.69, 9.17) is 9.47 Å². The second kappa shape index (κ2) is 9.31. The predicted octanol–water partition coefficient (Wildman–Crippen LogP) is 3.68. The molecule has 0 aliphatic carbocycles. The standard InChI is InChI=1S/C20H18BrN3O5S/c1-11(25)22-20-23-24(12(2)26)18(30-20)14-9-15(21)17(16(10-14)28-3)29-19(27)13-7-5-4-6-8-13/h4-10,18H,1-3H3,(H,22,23,25). The summed E-state index contributed by atoms with van der Waals surface area (Å²) in [6.07, 6.45) is 0. The zero-order valence-corrected chi connectivity index (χ0v) is 18.7. The third kappa shape index (κ3) is 4.82. The molecule has 2 aromatic rings. The Morgan fingerprint density at radius 1 is 1.17 bits per heavy atom. The number of nitrogens with one attached hydrogen (secondary N) is 1. The Kier molecular flexibility index (Phi) is 6.78. The van der Waals surface area contributed by atoms with Gasteiger partial charge in [-0.25, -0.2) is 9.80 Å². The van der Waals surface area contributed by atoms with Gasteiger partial charge in [0, 0.05) is 13.8 Å². The molecule has 1 atom stereocenters. The molecule has 1 heterocycles. The molecule has 0 fully saturated rings. The van der Waals surface area contributed by atoms with Crippen LogP contribution in [0.4, 0.5) is 0 Å². The summed E-state index contributed by atoms with van der Waals surface area (Å²) in [7, 11) is 1.45. The molecule has 8 nitrogen and oxygen atoms in total. The zero-order chi connectivity index (χ0) is 21.8. The van der Waals surface area contributed by atoms with Crippen molar-refractivity contribution >= 4 is 50.6 Å². The minimum atomic E-state index is -0.528. The number of hydrogen-bond donors (Lipinski definition) is 1. The van der Waals surface area contributed by atoms with Crippen LogP contribution in [-0.4, -0.2) is 35.1 Å². The molecule has 1 unspecified atom stereocenters. The molecule has 0 spiro atoms. The van der Waals surface area contributed by atoms with E-state index in [9.17, 15) is 14.4 Å². The van der Waals surface area contributed by atoms with Crippen molar-refractivity contribution in [3.63, 3.8) is 0 Å². The number of methoxy groups -OCH3 is 1. The lowest BCUT2D eigenvalue weighted by molar-refractivity contribution is -0.129. The topological polar surface area (TPSA) is 97.3 Å². The average molecular weight is 492 g/mol. The SMILES string of the molecule is COc1cc(C2SC(NC(C)=O)=NN2C(C)=O)cc(Br)c1OC(=O)c1ccccc1. The van der Waals surface area contributed by atoms with E-state index in [1.54, 1.807) is 42.5 Å². The number of nitrogens with zero attached hydrogens (tertiary/aromatic N) is 2. The van der Waals surface area contributed by atoms with Crippen LogP contribution in [0.3, 0.4) is 0 Å². The summed E-state index contributed by atoms with van der Waals surface area (Å²) in [5.74, 6) is -0.578. The fraction of sp³-hybridized carbons (Fsp3) is 0.200. The van der Waals surface area contributed by atoms with Crippen LogP contribution < -0.4 is 14.8 Å². The quantitative estimate of drug-likeness (QED) is 0.517. The number of benzene rings is 2. The summed E-state index contributed by atoms with van der Waals surface area (Å²) in [6.45, 7) is 2.75. The largest absolute Gasteiger partial charge is 0.493 e. The van der Waals surface area contributed by atoms with Gasteiger partial charge in [0.2, 0.25) is 11.8 Å². The molecule has 2 aromatic carbocycles. The summed E-state index contributed by atoms with van der Waals surface area (Å²) >= 11 is 4.63. The van der Waals surface area contributed by atoms with Crippen LogP contribution in [0.5, 0.6) is 11.5 Å². The van der Waals surface area contributed by atoms with Crippen LogP contribution in [0.15, 0.2) is 52.0 Å². The van der Waals surface area contributed by atoms with Gasteiger partial charge in [0.05, 0.1) is 17.1 Å². The predicted molar refractivity (Wildman–Crippen MR) is 116 cm³/mol. The van der Waals surface area contributed by atoms with E-state index in [1.165, 1.54) is 37.7 Å². The van der Waals surface area contributed by atoms with Crippen molar-refractivity contribution in [2.24, 2.45) is 5.10 Å². The summed E-state index contributed by atoms with van der Waals surface area (Å²) in [6, 6.07) is 12.0. The van der Waals surface area contributed by atoms with Crippen molar-refractivity contribution in [1.82, 2.24) is 10.3 Å². The number of amides is 2. The molecular weight excluding hydrogens is 474 g/mol. The number of hydrogen-bond acceptors (Lipinski definition) is 7. The summed E-state index contributed by atoms with van der Waals surface area (Å²) in [5.41, 5.74) is 1.07. The molecule has 3 rings (SSSR count). The molecule has 0 radical (unpaired) electrons. The Morgan fingerprint density at radius 2 is 1.87 bits per heavy atom. The molecule has 10 heteroatoms. The van der Waals surface area contributed by atoms with Crippen LogP contribution in [-0.2, 0) is 9.59 Å². The molecule has 1 N–H and O–H groups in total. The lowest BCUT2D eigenvalue weighted by atomic mass is 10.2. The molecule has 0 saturated carbocycles. The van der Waals surface area contributed by atoms with E-state index in [1.807, 2.05) is 0 Å². The Balaban J connectivity index is 1.91. The van der Waals surface area contributed by atoms with Gasteiger partial charge in [-0.15, -0.1) is 5.10 Å². The molecule has 0 aromatic heterocycles. The van der Waals surface area contributed by atoms with E-state index in [0.717, 1.165) is 0 Å². The van der Waals surface area contributed by atoms with E-state index < -0.39 is 11.3 Å². The number of hydrazone groups is 1. The van der Waals surface area contributed by atoms with Gasteiger partial charge >= 0.3 is 5.97 Å². The molecular formula is C20H18BrN3O5S. The summed E-state index contributed by atoms with van der Waals surface area (Å²) in [4.78, 5) is 35.9. The van der Waals surface area contributed by atoms with Gasteiger partial charge in [-0.2, -0.15) is 0 Å². The molecule has 1 aliphatic heterocycles. The first-order chi connectivity index (χ1) is 14.3. The first-order valence-electron chi connectivity index (χ1n) is 8.77. The van der Waals surface area contributed by atoms with Crippen molar-refractivity contribution in [2.45, 2.75) is 19.2 Å². The second-order valence-corrected chi connectivity index (χ2v) is 8.13. The highest BCUT2D eigenvalue weighted by Crippen LogP contribution is 2.44. The van der Waals surface area contributed by atoms with Crippen LogP contribution in [0.25, 0.3) is 0 Å². The number of ether oxygens (including phenoxy) is 2. The van der Waals surface area contributed by atoms with Crippen molar-refractivity contribution in [1.29, 1.82) is 0 Å². The summed E-state index contributed by atoms with van der Waals surface area (Å²) in [5, 5.41) is 7.83. The number of carbonyl (C=O) groups is 3. The van der Waals surface area contributed by atoms with Gasteiger partial charge in [-0.05, 0) is 45.8 Å². The molecule has 30 heavy (non-hydrogen) atoms. The highest BCUT2D eigenvalue weighted by atomic mass is 79.9. The molecule has 1 aliphatic rings. The summed E-state index contributed by atoms with van der Waals surface area (Å²) < 4.78 is 11.4. The average Bonchev–Trinajstić information content (AvgIpc) is 3.13. The lowest BCUT2D eigenvalue weighted by Crippen LogP contribution is -2.25. The number of rotatable bonds is 4. The Bertz CT molecular complexity index is 1030. The Labute approximate surface area is 185 Å². The van der Waals surface area contributed by atoms with Crippen molar-refractivity contribution in [3.8, 4) is 11.5 Å². The first-order valence-corrected chi connectivity index (χ1v) is 10.4. The highest BCUT2D eigenvalue weighted by molar-refractivity contribution is 9.10. The third-order valence-electron chi connectivity index (χ3n) is 3.99.